The zero-order valence-corrected chi connectivity index (χ0v) is 31.7. The van der Waals surface area contributed by atoms with Gasteiger partial charge in [0.1, 0.15) is 34.2 Å². The van der Waals surface area contributed by atoms with Crippen LogP contribution in [0.15, 0.2) is 34.1 Å². The SMILES string of the molecule is CC(C)(C)OC(=O)NC1(OC=O)CCC(Nc2cc(F)c[nH]c2=O)CC1.CCC1(NC(=O)OC(C)(C)C)CCC(Nc2cc(F)c[nH]c2=O)CC1.O=C=O. The summed E-state index contributed by atoms with van der Waals surface area (Å²) >= 11 is 0. The van der Waals surface area contributed by atoms with Gasteiger partial charge in [0, 0.05) is 55.0 Å². The average Bonchev–Trinajstić information content (AvgIpc) is 3.05. The van der Waals surface area contributed by atoms with E-state index in [0.29, 0.717) is 32.2 Å². The van der Waals surface area contributed by atoms with Gasteiger partial charge >= 0.3 is 18.3 Å². The Morgan fingerprint density at radius 2 is 1.19 bits per heavy atom. The molecule has 0 atom stereocenters. The third-order valence-electron chi connectivity index (χ3n) is 8.64. The van der Waals surface area contributed by atoms with Crippen molar-refractivity contribution in [1.29, 1.82) is 0 Å². The summed E-state index contributed by atoms with van der Waals surface area (Å²) in [5.74, 6) is -1.03. The number of alkyl carbamates (subject to hydrolysis) is 2. The van der Waals surface area contributed by atoms with Gasteiger partial charge in [0.05, 0.1) is 0 Å². The zero-order chi connectivity index (χ0) is 40.7. The molecule has 2 saturated carbocycles. The highest BCUT2D eigenvalue weighted by molar-refractivity contribution is 5.69. The second kappa shape index (κ2) is 19.7. The van der Waals surface area contributed by atoms with Crippen LogP contribution in [0, 0.1) is 11.6 Å². The molecule has 0 unspecified atom stereocenters. The molecule has 0 bridgehead atoms. The van der Waals surface area contributed by atoms with Gasteiger partial charge in [-0.2, -0.15) is 9.59 Å². The number of pyridine rings is 2. The normalized spacial score (nSPS) is 22.2. The number of halogens is 2. The molecule has 2 aromatic rings. The molecule has 2 aliphatic rings. The molecule has 0 saturated heterocycles. The smallest absolute Gasteiger partial charge is 0.410 e. The molecule has 18 heteroatoms. The number of ether oxygens (including phenoxy) is 3. The van der Waals surface area contributed by atoms with Crippen LogP contribution in [0.1, 0.15) is 106 Å². The van der Waals surface area contributed by atoms with Crippen molar-refractivity contribution in [2.75, 3.05) is 10.6 Å². The molecule has 0 spiro atoms. The highest BCUT2D eigenvalue weighted by atomic mass is 19.1. The van der Waals surface area contributed by atoms with Gasteiger partial charge in [0.15, 0.2) is 5.72 Å². The van der Waals surface area contributed by atoms with E-state index in [1.165, 1.54) is 6.07 Å². The summed E-state index contributed by atoms with van der Waals surface area (Å²) in [5.41, 5.74) is -3.03. The van der Waals surface area contributed by atoms with Crippen molar-refractivity contribution in [2.24, 2.45) is 0 Å². The number of carbonyl (C=O) groups is 3. The molecule has 2 heterocycles. The molecular weight excluding hydrogens is 714 g/mol. The van der Waals surface area contributed by atoms with E-state index in [2.05, 4.69) is 31.2 Å². The van der Waals surface area contributed by atoms with Crippen molar-refractivity contribution in [2.45, 2.75) is 141 Å². The molecular formula is C36H52F2N6O10. The van der Waals surface area contributed by atoms with Crippen LogP contribution < -0.4 is 32.4 Å². The van der Waals surface area contributed by atoms with E-state index in [0.717, 1.165) is 50.6 Å². The third kappa shape index (κ3) is 15.4. The van der Waals surface area contributed by atoms with Crippen molar-refractivity contribution in [3.05, 3.63) is 56.9 Å². The summed E-state index contributed by atoms with van der Waals surface area (Å²) in [5, 5.41) is 11.8. The van der Waals surface area contributed by atoms with Crippen LogP contribution in [0.3, 0.4) is 0 Å². The van der Waals surface area contributed by atoms with E-state index in [-0.39, 0.29) is 40.7 Å². The molecule has 2 amide bonds. The summed E-state index contributed by atoms with van der Waals surface area (Å²) in [4.78, 5) is 79.4. The molecule has 0 aliphatic heterocycles. The number of anilines is 2. The number of rotatable bonds is 9. The molecule has 300 valence electrons. The fourth-order valence-corrected chi connectivity index (χ4v) is 6.05. The summed E-state index contributed by atoms with van der Waals surface area (Å²) in [6.07, 6.45) is 6.77. The number of amides is 2. The molecule has 54 heavy (non-hydrogen) atoms. The number of carbonyl (C=O) groups excluding carboxylic acids is 5. The minimum absolute atomic E-state index is 0.0722. The monoisotopic (exact) mass is 766 g/mol. The molecule has 6 N–H and O–H groups in total. The first-order chi connectivity index (χ1) is 25.2. The van der Waals surface area contributed by atoms with E-state index in [1.54, 1.807) is 20.8 Å². The number of aromatic amines is 2. The van der Waals surface area contributed by atoms with Gasteiger partial charge in [-0.15, -0.1) is 0 Å². The van der Waals surface area contributed by atoms with Crippen LogP contribution >= 0.6 is 0 Å². The third-order valence-corrected chi connectivity index (χ3v) is 8.64. The number of nitrogens with one attached hydrogen (secondary N) is 6. The minimum atomic E-state index is -1.16. The fraction of sp³-hybridized carbons (Fsp3) is 0.611. The maximum absolute atomic E-state index is 13.3. The van der Waals surface area contributed by atoms with E-state index in [4.69, 9.17) is 23.8 Å². The van der Waals surface area contributed by atoms with E-state index >= 15 is 0 Å². The second-order valence-corrected chi connectivity index (χ2v) is 15.1. The summed E-state index contributed by atoms with van der Waals surface area (Å²) < 4.78 is 42.3. The van der Waals surface area contributed by atoms with Crippen LogP contribution in [-0.2, 0) is 28.6 Å². The first-order valence-corrected chi connectivity index (χ1v) is 17.6. The van der Waals surface area contributed by atoms with Crippen LogP contribution in [0.25, 0.3) is 0 Å². The Hall–Kier alpha value is -5.25. The first kappa shape index (κ1) is 44.9. The van der Waals surface area contributed by atoms with Crippen molar-refractivity contribution < 1.29 is 47.0 Å². The van der Waals surface area contributed by atoms with Gasteiger partial charge < -0.3 is 40.1 Å². The molecule has 0 radical (unpaired) electrons. The van der Waals surface area contributed by atoms with Crippen molar-refractivity contribution >= 4 is 36.2 Å². The Labute approximate surface area is 311 Å². The predicted octanol–water partition coefficient (Wildman–Crippen LogP) is 5.22. The van der Waals surface area contributed by atoms with Crippen LogP contribution in [-0.4, -0.2) is 69.3 Å². The first-order valence-electron chi connectivity index (χ1n) is 17.6. The Morgan fingerprint density at radius 3 is 1.56 bits per heavy atom. The van der Waals surface area contributed by atoms with E-state index in [9.17, 15) is 32.8 Å². The molecule has 2 aromatic heterocycles. The largest absolute Gasteiger partial charge is 0.444 e. The van der Waals surface area contributed by atoms with Crippen molar-refractivity contribution in [1.82, 2.24) is 20.6 Å². The molecule has 2 aliphatic carbocycles. The fourth-order valence-electron chi connectivity index (χ4n) is 6.05. The second-order valence-electron chi connectivity index (χ2n) is 15.1. The van der Waals surface area contributed by atoms with Crippen molar-refractivity contribution in [3.63, 3.8) is 0 Å². The van der Waals surface area contributed by atoms with Gasteiger partial charge in [0.2, 0.25) is 0 Å². The Balaban J connectivity index is 0.000000348. The van der Waals surface area contributed by atoms with E-state index in [1.807, 2.05) is 27.7 Å². The quantitative estimate of drug-likeness (QED) is 0.110. The van der Waals surface area contributed by atoms with Gasteiger partial charge in [0.25, 0.3) is 17.6 Å². The maximum Gasteiger partial charge on any atom is 0.410 e. The van der Waals surface area contributed by atoms with Gasteiger partial charge in [-0.05, 0) is 86.5 Å². The highest BCUT2D eigenvalue weighted by Gasteiger charge is 2.40. The lowest BCUT2D eigenvalue weighted by molar-refractivity contribution is -0.191. The van der Waals surface area contributed by atoms with Crippen LogP contribution in [0.2, 0.25) is 0 Å². The number of hydrogen-bond donors (Lipinski definition) is 6. The number of H-pyrrole nitrogens is 2. The molecule has 16 nitrogen and oxygen atoms in total. The lowest BCUT2D eigenvalue weighted by Gasteiger charge is -2.40. The van der Waals surface area contributed by atoms with Gasteiger partial charge in [-0.25, -0.2) is 18.4 Å². The predicted molar refractivity (Wildman–Crippen MR) is 192 cm³/mol. The molecule has 2 fully saturated rings. The number of hydrogen-bond acceptors (Lipinski definition) is 12. The average molecular weight is 767 g/mol. The topological polar surface area (TPSA) is 227 Å². The van der Waals surface area contributed by atoms with E-state index < -0.39 is 46.3 Å². The summed E-state index contributed by atoms with van der Waals surface area (Å²) in [6, 6.07) is 2.28. The Bertz CT molecular complexity index is 1700. The minimum Gasteiger partial charge on any atom is -0.444 e. The standard InChI is InChI=1S/C18H28FN3O3.C17H24FN3O5.CO2/c1-5-18(22-16(24)25-17(2,3)4)8-6-13(7-9-18)21-14-10-12(19)11-20-15(14)23;1-16(2,3)26-15(24)21-17(25-10-22)6-4-12(5-7-17)20-13-8-11(18)9-19-14(13)23;2-1-3/h10-11,13,21H,5-9H2,1-4H3,(H,20,23)(H,22,24);8-10,12,20H,4-7H2,1-3H3,(H,19,23)(H,21,24);. The summed E-state index contributed by atoms with van der Waals surface area (Å²) in [7, 11) is 0. The lowest BCUT2D eigenvalue weighted by Crippen LogP contribution is -2.54. The van der Waals surface area contributed by atoms with Gasteiger partial charge in [-0.3, -0.25) is 19.7 Å². The molecule has 4 rings (SSSR count). The lowest BCUT2D eigenvalue weighted by atomic mass is 9.77. The Morgan fingerprint density at radius 1 is 0.796 bits per heavy atom. The van der Waals surface area contributed by atoms with Crippen molar-refractivity contribution in [3.8, 4) is 0 Å². The van der Waals surface area contributed by atoms with Gasteiger partial charge in [-0.1, -0.05) is 6.92 Å². The Kier molecular flexibility index (Phi) is 16.4. The van der Waals surface area contributed by atoms with Crippen LogP contribution in [0.5, 0.6) is 0 Å². The maximum atomic E-state index is 13.3. The highest BCUT2D eigenvalue weighted by Crippen LogP contribution is 2.33. The van der Waals surface area contributed by atoms with Crippen LogP contribution in [0.4, 0.5) is 29.7 Å². The number of aromatic nitrogens is 2. The molecule has 0 aromatic carbocycles. The zero-order valence-electron chi connectivity index (χ0n) is 31.7. The summed E-state index contributed by atoms with van der Waals surface area (Å²) in [6.45, 7) is 13.0.